The van der Waals surface area contributed by atoms with Crippen molar-refractivity contribution in [2.45, 2.75) is 42.0 Å². The minimum atomic E-state index is -4.44. The first-order valence-electron chi connectivity index (χ1n) is 9.75. The van der Waals surface area contributed by atoms with Gasteiger partial charge >= 0.3 is 6.18 Å². The number of amides is 1. The van der Waals surface area contributed by atoms with Crippen molar-refractivity contribution in [1.82, 2.24) is 19.5 Å². The largest absolute Gasteiger partial charge is 0.417 e. The molecule has 3 aromatic rings. The highest BCUT2D eigenvalue weighted by Gasteiger charge is 2.33. The maximum Gasteiger partial charge on any atom is 0.417 e. The number of halogens is 3. The van der Waals surface area contributed by atoms with Crippen LogP contribution in [0.2, 0.25) is 0 Å². The molecule has 1 saturated heterocycles. The second-order valence-corrected chi connectivity index (χ2v) is 8.81. The highest BCUT2D eigenvalue weighted by atomic mass is 32.2. The van der Waals surface area contributed by atoms with Crippen LogP contribution in [0.4, 0.5) is 13.2 Å². The van der Waals surface area contributed by atoms with E-state index in [0.29, 0.717) is 24.6 Å². The molecule has 1 aromatic carbocycles. The van der Waals surface area contributed by atoms with Crippen LogP contribution >= 0.6 is 11.8 Å². The van der Waals surface area contributed by atoms with Crippen LogP contribution in [0, 0.1) is 0 Å². The summed E-state index contributed by atoms with van der Waals surface area (Å²) in [5, 5.41) is 7.92. The Balaban J connectivity index is 1.52. The third-order valence-corrected chi connectivity index (χ3v) is 6.36. The van der Waals surface area contributed by atoms with E-state index in [4.69, 9.17) is 0 Å². The summed E-state index contributed by atoms with van der Waals surface area (Å²) < 4.78 is 40.8. The Kier molecular flexibility index (Phi) is 5.73. The molecule has 1 fully saturated rings. The van der Waals surface area contributed by atoms with Gasteiger partial charge in [-0.2, -0.15) is 13.2 Å². The number of carbonyl (C=O) groups is 1. The van der Waals surface area contributed by atoms with E-state index < -0.39 is 11.7 Å². The normalized spacial score (nSPS) is 18.5. The fourth-order valence-corrected chi connectivity index (χ4v) is 4.73. The van der Waals surface area contributed by atoms with Gasteiger partial charge in [-0.25, -0.2) is 0 Å². The molecule has 1 aliphatic rings. The van der Waals surface area contributed by atoms with Crippen molar-refractivity contribution in [3.63, 3.8) is 0 Å². The second-order valence-electron chi connectivity index (χ2n) is 7.40. The molecule has 0 spiro atoms. The van der Waals surface area contributed by atoms with Gasteiger partial charge < -0.3 is 4.90 Å². The average molecular weight is 434 g/mol. The zero-order valence-corrected chi connectivity index (χ0v) is 17.2. The van der Waals surface area contributed by atoms with Crippen molar-refractivity contribution in [1.29, 1.82) is 0 Å². The number of nitrogens with zero attached hydrogens (tertiary/aromatic N) is 4. The van der Waals surface area contributed by atoms with Crippen LogP contribution < -0.4 is 0 Å². The van der Waals surface area contributed by atoms with Crippen LogP contribution in [0.25, 0.3) is 5.65 Å². The number of thioether (sulfide) groups is 1. The highest BCUT2D eigenvalue weighted by Crippen LogP contribution is 2.32. The summed E-state index contributed by atoms with van der Waals surface area (Å²) in [6.45, 7) is 2.95. The average Bonchev–Trinajstić information content (AvgIpc) is 3.17. The molecule has 30 heavy (non-hydrogen) atoms. The summed E-state index contributed by atoms with van der Waals surface area (Å²) in [6, 6.07) is 12.1. The fraction of sp³-hybridized carbons (Fsp3) is 0.381. The number of rotatable bonds is 4. The SMILES string of the molecule is CC(Sc1ccccc1)C(=O)N1CCCC(c2nnc3ccc(C(F)(F)F)cn23)C1. The maximum absolute atomic E-state index is 13.1. The molecule has 0 radical (unpaired) electrons. The second kappa shape index (κ2) is 8.29. The predicted molar refractivity (Wildman–Crippen MR) is 108 cm³/mol. The summed E-state index contributed by atoms with van der Waals surface area (Å²) in [4.78, 5) is 15.8. The van der Waals surface area contributed by atoms with Crippen LogP contribution in [0.1, 0.15) is 37.1 Å². The molecule has 2 aromatic heterocycles. The van der Waals surface area contributed by atoms with E-state index in [-0.39, 0.29) is 17.1 Å². The number of alkyl halides is 3. The highest BCUT2D eigenvalue weighted by molar-refractivity contribution is 8.00. The van der Waals surface area contributed by atoms with Gasteiger partial charge in [-0.05, 0) is 44.0 Å². The summed E-state index contributed by atoms with van der Waals surface area (Å²) in [7, 11) is 0. The lowest BCUT2D eigenvalue weighted by molar-refractivity contribution is -0.137. The number of hydrogen-bond acceptors (Lipinski definition) is 4. The van der Waals surface area contributed by atoms with Crippen LogP contribution in [0.3, 0.4) is 0 Å². The van der Waals surface area contributed by atoms with Gasteiger partial charge in [-0.15, -0.1) is 22.0 Å². The standard InChI is InChI=1S/C21H21F3N4OS/c1-14(30-17-7-3-2-4-8-17)20(29)27-11-5-6-15(12-27)19-26-25-18-10-9-16(13-28(18)19)21(22,23)24/h2-4,7-10,13-15H,5-6,11-12H2,1H3. The van der Waals surface area contributed by atoms with Crippen LogP contribution in [-0.2, 0) is 11.0 Å². The van der Waals surface area contributed by atoms with Gasteiger partial charge in [0.2, 0.25) is 5.91 Å². The molecular weight excluding hydrogens is 413 g/mol. The Hall–Kier alpha value is -2.55. The van der Waals surface area contributed by atoms with Gasteiger partial charge in [0, 0.05) is 30.1 Å². The lowest BCUT2D eigenvalue weighted by Gasteiger charge is -2.33. The smallest absolute Gasteiger partial charge is 0.341 e. The lowest BCUT2D eigenvalue weighted by Crippen LogP contribution is -2.43. The molecule has 2 atom stereocenters. The third-order valence-electron chi connectivity index (χ3n) is 5.26. The number of likely N-dealkylation sites (tertiary alicyclic amines) is 1. The van der Waals surface area contributed by atoms with Crippen molar-refractivity contribution < 1.29 is 18.0 Å². The van der Waals surface area contributed by atoms with Gasteiger partial charge in [0.15, 0.2) is 5.65 Å². The van der Waals surface area contributed by atoms with Gasteiger partial charge in [-0.1, -0.05) is 18.2 Å². The Morgan fingerprint density at radius 1 is 1.17 bits per heavy atom. The maximum atomic E-state index is 13.1. The Bertz CT molecular complexity index is 1040. The van der Waals surface area contributed by atoms with Gasteiger partial charge in [0.05, 0.1) is 10.8 Å². The molecule has 3 heterocycles. The number of aromatic nitrogens is 3. The summed E-state index contributed by atoms with van der Waals surface area (Å²) in [5.41, 5.74) is -0.373. The molecule has 158 valence electrons. The Labute approximate surface area is 176 Å². The van der Waals surface area contributed by atoms with E-state index in [1.165, 1.54) is 22.2 Å². The number of carbonyl (C=O) groups excluding carboxylic acids is 1. The monoisotopic (exact) mass is 434 g/mol. The van der Waals surface area contributed by atoms with Gasteiger partial charge in [0.1, 0.15) is 5.82 Å². The summed E-state index contributed by atoms with van der Waals surface area (Å²) >= 11 is 1.50. The van der Waals surface area contributed by atoms with Crippen molar-refractivity contribution in [2.75, 3.05) is 13.1 Å². The van der Waals surface area contributed by atoms with Crippen molar-refractivity contribution >= 4 is 23.3 Å². The number of piperidine rings is 1. The van der Waals surface area contributed by atoms with E-state index in [0.717, 1.165) is 30.0 Å². The zero-order chi connectivity index (χ0) is 21.3. The summed E-state index contributed by atoms with van der Waals surface area (Å²) in [6.07, 6.45) is -1.87. The quantitative estimate of drug-likeness (QED) is 0.562. The minimum absolute atomic E-state index is 0.0263. The van der Waals surface area contributed by atoms with E-state index in [1.807, 2.05) is 37.3 Å². The van der Waals surface area contributed by atoms with E-state index in [9.17, 15) is 18.0 Å². The first kappa shape index (κ1) is 20.7. The number of benzene rings is 1. The Morgan fingerprint density at radius 2 is 1.93 bits per heavy atom. The number of hydrogen-bond donors (Lipinski definition) is 0. The van der Waals surface area contributed by atoms with Crippen LogP contribution in [0.5, 0.6) is 0 Å². The molecule has 5 nitrogen and oxygen atoms in total. The molecule has 1 aliphatic heterocycles. The molecule has 0 bridgehead atoms. The van der Waals surface area contributed by atoms with E-state index in [1.54, 1.807) is 4.90 Å². The van der Waals surface area contributed by atoms with Crippen LogP contribution in [0.15, 0.2) is 53.6 Å². The van der Waals surface area contributed by atoms with Gasteiger partial charge in [0.25, 0.3) is 0 Å². The molecule has 9 heteroatoms. The minimum Gasteiger partial charge on any atom is -0.341 e. The van der Waals surface area contributed by atoms with Crippen molar-refractivity contribution in [3.05, 3.63) is 60.0 Å². The number of fused-ring (bicyclic) bond motifs is 1. The topological polar surface area (TPSA) is 50.5 Å². The summed E-state index contributed by atoms with van der Waals surface area (Å²) in [5.74, 6) is 0.338. The van der Waals surface area contributed by atoms with Crippen molar-refractivity contribution in [2.24, 2.45) is 0 Å². The lowest BCUT2D eigenvalue weighted by atomic mass is 9.97. The van der Waals surface area contributed by atoms with E-state index >= 15 is 0 Å². The number of pyridine rings is 1. The molecule has 2 unspecified atom stereocenters. The first-order valence-corrected chi connectivity index (χ1v) is 10.6. The fourth-order valence-electron chi connectivity index (χ4n) is 3.75. The molecule has 0 N–H and O–H groups in total. The first-order chi connectivity index (χ1) is 14.3. The molecular formula is C21H21F3N4OS. The van der Waals surface area contributed by atoms with E-state index in [2.05, 4.69) is 10.2 Å². The molecule has 4 rings (SSSR count). The van der Waals surface area contributed by atoms with Crippen LogP contribution in [-0.4, -0.2) is 43.7 Å². The molecule has 0 aliphatic carbocycles. The Morgan fingerprint density at radius 3 is 2.67 bits per heavy atom. The zero-order valence-electron chi connectivity index (χ0n) is 16.3. The third kappa shape index (κ3) is 4.30. The molecule has 1 amide bonds. The predicted octanol–water partition coefficient (Wildman–Crippen LogP) is 4.63. The van der Waals surface area contributed by atoms with Crippen molar-refractivity contribution in [3.8, 4) is 0 Å². The molecule has 0 saturated carbocycles. The van der Waals surface area contributed by atoms with Gasteiger partial charge in [-0.3, -0.25) is 9.20 Å².